The van der Waals surface area contributed by atoms with Crippen LogP contribution in [0.5, 0.6) is 0 Å². The lowest BCUT2D eigenvalue weighted by Gasteiger charge is -2.39. The highest BCUT2D eigenvalue weighted by molar-refractivity contribution is 6.31. The molecule has 15 heteroatoms. The van der Waals surface area contributed by atoms with E-state index < -0.39 is 46.3 Å². The van der Waals surface area contributed by atoms with Crippen molar-refractivity contribution in [3.63, 3.8) is 0 Å². The summed E-state index contributed by atoms with van der Waals surface area (Å²) in [6.45, 7) is 7.95. The van der Waals surface area contributed by atoms with Gasteiger partial charge in [-0.3, -0.25) is 23.6 Å². The van der Waals surface area contributed by atoms with Crippen LogP contribution in [0, 0.1) is 11.3 Å². The second kappa shape index (κ2) is 12.1. The van der Waals surface area contributed by atoms with E-state index in [1.54, 1.807) is 9.47 Å². The summed E-state index contributed by atoms with van der Waals surface area (Å²) in [5, 5.41) is 11.8. The number of hydrogen-bond donors (Lipinski definition) is 1. The van der Waals surface area contributed by atoms with E-state index in [2.05, 4.69) is 4.98 Å². The number of aromatic nitrogens is 3. The zero-order valence-electron chi connectivity index (χ0n) is 27.2. The molecular weight excluding hydrogens is 655 g/mol. The van der Waals surface area contributed by atoms with Gasteiger partial charge in [0, 0.05) is 25.3 Å². The van der Waals surface area contributed by atoms with Crippen LogP contribution < -0.4 is 5.56 Å². The van der Waals surface area contributed by atoms with Crippen LogP contribution in [0.15, 0.2) is 41.5 Å². The standard InChI is InChI=1S/C33H39ClF3N5O6/c1-30(2,3)48-29(45)41-13-14-47-17-23(41)20-5-7-21(8-6-20)42-25(34)15-22-26(42)38-19-40(27(22)43)18-32(46)9-11-39(12-10-32)28(44)31(4)16-24(31)33(35,36)37/h5-8,15,19,23-24,46H,9-14,16-18H2,1-4H3/t23-,24?,31?/m1/s1. The van der Waals surface area contributed by atoms with E-state index in [1.807, 2.05) is 45.0 Å². The highest BCUT2D eigenvalue weighted by Crippen LogP contribution is 2.61. The normalized spacial score (nSPS) is 24.5. The van der Waals surface area contributed by atoms with Crippen LogP contribution in [0.2, 0.25) is 5.15 Å². The fourth-order valence-corrected chi connectivity index (χ4v) is 7.04. The van der Waals surface area contributed by atoms with E-state index in [0.29, 0.717) is 31.1 Å². The summed E-state index contributed by atoms with van der Waals surface area (Å²) in [5.74, 6) is -2.20. The van der Waals surface area contributed by atoms with Crippen LogP contribution in [0.1, 0.15) is 58.6 Å². The molecule has 1 aliphatic carbocycles. The van der Waals surface area contributed by atoms with E-state index in [9.17, 15) is 32.7 Å². The first-order valence-corrected chi connectivity index (χ1v) is 16.3. The van der Waals surface area contributed by atoms with E-state index in [-0.39, 0.29) is 55.5 Å². The van der Waals surface area contributed by atoms with Crippen LogP contribution in [-0.2, 0) is 20.8 Å². The molecule has 2 aromatic heterocycles. The molecule has 2 unspecified atom stereocenters. The molecule has 4 heterocycles. The first kappa shape index (κ1) is 34.3. The zero-order valence-corrected chi connectivity index (χ0v) is 28.0. The molecule has 3 fully saturated rings. The molecule has 2 saturated heterocycles. The number of fused-ring (bicyclic) bond motifs is 1. The monoisotopic (exact) mass is 693 g/mol. The lowest BCUT2D eigenvalue weighted by molar-refractivity contribution is -0.165. The van der Waals surface area contributed by atoms with Crippen molar-refractivity contribution >= 4 is 34.6 Å². The lowest BCUT2D eigenvalue weighted by Crippen LogP contribution is -2.51. The average molecular weight is 694 g/mol. The number of hydrogen-bond acceptors (Lipinski definition) is 7. The Hall–Kier alpha value is -3.62. The third-order valence-corrected chi connectivity index (χ3v) is 9.88. The SMILES string of the molecule is CC(C)(C)OC(=O)N1CCOC[C@@H]1c1ccc(-n2c(Cl)cc3c(=O)n(CC4(O)CCN(C(=O)C5(C)CC5C(F)(F)F)CC4)cnc32)cc1. The van der Waals surface area contributed by atoms with Gasteiger partial charge < -0.3 is 19.5 Å². The van der Waals surface area contributed by atoms with Gasteiger partial charge in [0.2, 0.25) is 5.91 Å². The largest absolute Gasteiger partial charge is 0.444 e. The molecule has 3 aromatic rings. The lowest BCUT2D eigenvalue weighted by atomic mass is 9.90. The molecule has 2 amide bonds. The summed E-state index contributed by atoms with van der Waals surface area (Å²) in [6, 6.07) is 8.49. The van der Waals surface area contributed by atoms with Crippen LogP contribution in [-0.4, -0.2) is 91.3 Å². The molecule has 0 radical (unpaired) electrons. The third kappa shape index (κ3) is 6.53. The number of halogens is 4. The van der Waals surface area contributed by atoms with Gasteiger partial charge in [0.05, 0.1) is 48.1 Å². The van der Waals surface area contributed by atoms with Gasteiger partial charge in [-0.1, -0.05) is 30.7 Å². The van der Waals surface area contributed by atoms with Gasteiger partial charge in [0.25, 0.3) is 5.56 Å². The summed E-state index contributed by atoms with van der Waals surface area (Å²) < 4.78 is 53.7. The molecule has 11 nitrogen and oxygen atoms in total. The molecule has 2 aliphatic heterocycles. The molecule has 6 rings (SSSR count). The fourth-order valence-electron chi connectivity index (χ4n) is 6.75. The van der Waals surface area contributed by atoms with Crippen molar-refractivity contribution in [2.75, 3.05) is 32.8 Å². The van der Waals surface area contributed by atoms with Gasteiger partial charge in [-0.05, 0) is 63.8 Å². The summed E-state index contributed by atoms with van der Waals surface area (Å²) in [4.78, 5) is 46.9. The molecule has 260 valence electrons. The summed E-state index contributed by atoms with van der Waals surface area (Å²) in [7, 11) is 0. The number of nitrogens with zero attached hydrogens (tertiary/aromatic N) is 5. The maximum absolute atomic E-state index is 13.5. The second-order valence-corrected chi connectivity index (χ2v) is 14.7. The van der Waals surface area contributed by atoms with Gasteiger partial charge in [0.15, 0.2) is 5.65 Å². The molecule has 3 aliphatic rings. The average Bonchev–Trinajstić information content (AvgIpc) is 3.63. The Balaban J connectivity index is 1.16. The minimum absolute atomic E-state index is 0.0840. The molecule has 0 bridgehead atoms. The minimum atomic E-state index is -4.42. The number of ether oxygens (including phenoxy) is 2. The second-order valence-electron chi connectivity index (χ2n) is 14.3. The van der Waals surface area contributed by atoms with Crippen molar-refractivity contribution in [3.05, 3.63) is 57.7 Å². The van der Waals surface area contributed by atoms with Gasteiger partial charge in [-0.2, -0.15) is 13.2 Å². The topological polar surface area (TPSA) is 119 Å². The number of morpholine rings is 1. The smallest absolute Gasteiger partial charge is 0.410 e. The van der Waals surface area contributed by atoms with Crippen LogP contribution in [0.4, 0.5) is 18.0 Å². The number of carbonyl (C=O) groups is 2. The van der Waals surface area contributed by atoms with Crippen LogP contribution in [0.3, 0.4) is 0 Å². The predicted octanol–water partition coefficient (Wildman–Crippen LogP) is 5.09. The number of amides is 2. The minimum Gasteiger partial charge on any atom is -0.444 e. The molecule has 48 heavy (non-hydrogen) atoms. The van der Waals surface area contributed by atoms with E-state index >= 15 is 0 Å². The highest BCUT2D eigenvalue weighted by atomic mass is 35.5. The van der Waals surface area contributed by atoms with Crippen LogP contribution >= 0.6 is 11.6 Å². The van der Waals surface area contributed by atoms with E-state index in [4.69, 9.17) is 21.1 Å². The van der Waals surface area contributed by atoms with Crippen molar-refractivity contribution in [1.82, 2.24) is 23.9 Å². The molecule has 1 N–H and O–H groups in total. The van der Waals surface area contributed by atoms with Gasteiger partial charge in [-0.25, -0.2) is 9.78 Å². The van der Waals surface area contributed by atoms with E-state index in [0.717, 1.165) is 5.56 Å². The number of likely N-dealkylation sites (tertiary alicyclic amines) is 1. The number of carbonyl (C=O) groups excluding carboxylic acids is 2. The van der Waals surface area contributed by atoms with Crippen molar-refractivity contribution in [2.45, 2.75) is 76.9 Å². The summed E-state index contributed by atoms with van der Waals surface area (Å²) >= 11 is 6.61. The Morgan fingerprint density at radius 1 is 1.12 bits per heavy atom. The fraction of sp³-hybridized carbons (Fsp3) is 0.576. The number of piperidine rings is 1. The summed E-state index contributed by atoms with van der Waals surface area (Å²) in [6.07, 6.45) is -3.54. The Morgan fingerprint density at radius 3 is 2.40 bits per heavy atom. The maximum atomic E-state index is 13.5. The van der Waals surface area contributed by atoms with Crippen LogP contribution in [0.25, 0.3) is 16.7 Å². The maximum Gasteiger partial charge on any atom is 0.410 e. The molecule has 1 aromatic carbocycles. The Labute approximate surface area is 280 Å². The molecular formula is C33H39ClF3N5O6. The number of aliphatic hydroxyl groups is 1. The highest BCUT2D eigenvalue weighted by Gasteiger charge is 2.68. The molecule has 3 atom stereocenters. The number of benzene rings is 1. The van der Waals surface area contributed by atoms with Gasteiger partial charge >= 0.3 is 12.3 Å². The van der Waals surface area contributed by atoms with Gasteiger partial charge in [0.1, 0.15) is 17.1 Å². The Kier molecular flexibility index (Phi) is 8.60. The Morgan fingerprint density at radius 2 is 1.79 bits per heavy atom. The predicted molar refractivity (Wildman–Crippen MR) is 170 cm³/mol. The molecule has 1 saturated carbocycles. The number of alkyl halides is 3. The third-order valence-electron chi connectivity index (χ3n) is 9.60. The van der Waals surface area contributed by atoms with Crippen molar-refractivity contribution < 1.29 is 37.3 Å². The van der Waals surface area contributed by atoms with E-state index in [1.165, 1.54) is 28.8 Å². The first-order chi connectivity index (χ1) is 22.4. The number of rotatable bonds is 5. The Bertz CT molecular complexity index is 1780. The van der Waals surface area contributed by atoms with Crippen molar-refractivity contribution in [1.29, 1.82) is 0 Å². The van der Waals surface area contributed by atoms with Crippen molar-refractivity contribution in [3.8, 4) is 5.69 Å². The first-order valence-electron chi connectivity index (χ1n) is 15.9. The zero-order chi connectivity index (χ0) is 34.8. The van der Waals surface area contributed by atoms with Gasteiger partial charge in [-0.15, -0.1) is 0 Å². The molecule has 0 spiro atoms. The summed E-state index contributed by atoms with van der Waals surface area (Å²) in [5.41, 5.74) is -2.10. The quantitative estimate of drug-likeness (QED) is 0.396. The van der Waals surface area contributed by atoms with Crippen molar-refractivity contribution in [2.24, 2.45) is 11.3 Å².